The first-order valence-corrected chi connectivity index (χ1v) is 8.19. The summed E-state index contributed by atoms with van der Waals surface area (Å²) in [5.74, 6) is 0.167. The van der Waals surface area contributed by atoms with Crippen molar-refractivity contribution in [2.24, 2.45) is 0 Å². The van der Waals surface area contributed by atoms with Gasteiger partial charge in [-0.2, -0.15) is 0 Å². The predicted molar refractivity (Wildman–Crippen MR) is 89.4 cm³/mol. The number of nitrogens with zero attached hydrogens (tertiary/aromatic N) is 1. The fourth-order valence-corrected chi connectivity index (χ4v) is 2.57. The standard InChI is InChI=1S/C16H21N3O3S/c1-9(13(20)19-16(3,4)5)17-14(21)12-10(2)22-15(18-12)11-7-6-8-23-11/h6-9H,1-5H3,(H,17,21)(H,19,20). The summed E-state index contributed by atoms with van der Waals surface area (Å²) in [6, 6.07) is 3.10. The van der Waals surface area contributed by atoms with Crippen molar-refractivity contribution in [3.63, 3.8) is 0 Å². The molecule has 0 aromatic carbocycles. The molecule has 0 saturated carbocycles. The van der Waals surface area contributed by atoms with E-state index in [2.05, 4.69) is 15.6 Å². The maximum absolute atomic E-state index is 12.3. The Hall–Kier alpha value is -2.15. The smallest absolute Gasteiger partial charge is 0.274 e. The number of carbonyl (C=O) groups excluding carboxylic acids is 2. The third kappa shape index (κ3) is 4.41. The molecule has 1 unspecified atom stereocenters. The van der Waals surface area contributed by atoms with E-state index in [0.29, 0.717) is 11.7 Å². The molecular weight excluding hydrogens is 314 g/mol. The summed E-state index contributed by atoms with van der Waals surface area (Å²) in [4.78, 5) is 29.4. The van der Waals surface area contributed by atoms with Gasteiger partial charge in [0, 0.05) is 5.54 Å². The van der Waals surface area contributed by atoms with Crippen molar-refractivity contribution in [1.82, 2.24) is 15.6 Å². The molecule has 2 rings (SSSR count). The molecule has 2 N–H and O–H groups in total. The Morgan fingerprint density at radius 1 is 1.35 bits per heavy atom. The molecule has 0 saturated heterocycles. The molecule has 6 nitrogen and oxygen atoms in total. The Bertz CT molecular complexity index is 699. The summed E-state index contributed by atoms with van der Waals surface area (Å²) in [6.45, 7) is 8.96. The zero-order valence-corrected chi connectivity index (χ0v) is 14.7. The molecule has 0 aliphatic carbocycles. The van der Waals surface area contributed by atoms with Crippen molar-refractivity contribution in [3.05, 3.63) is 29.0 Å². The lowest BCUT2D eigenvalue weighted by Gasteiger charge is -2.23. The second-order valence-corrected chi connectivity index (χ2v) is 7.28. The van der Waals surface area contributed by atoms with Gasteiger partial charge in [-0.3, -0.25) is 9.59 Å². The highest BCUT2D eigenvalue weighted by Crippen LogP contribution is 2.25. The van der Waals surface area contributed by atoms with Crippen molar-refractivity contribution in [2.45, 2.75) is 46.2 Å². The minimum atomic E-state index is -0.664. The SMILES string of the molecule is Cc1oc(-c2cccs2)nc1C(=O)NC(C)C(=O)NC(C)(C)C. The number of aryl methyl sites for hydroxylation is 1. The van der Waals surface area contributed by atoms with Gasteiger partial charge in [-0.25, -0.2) is 4.98 Å². The molecule has 0 radical (unpaired) electrons. The Labute approximate surface area is 139 Å². The molecule has 2 aromatic rings. The van der Waals surface area contributed by atoms with Crippen LogP contribution in [-0.4, -0.2) is 28.4 Å². The second-order valence-electron chi connectivity index (χ2n) is 6.34. The lowest BCUT2D eigenvalue weighted by Crippen LogP contribution is -2.50. The van der Waals surface area contributed by atoms with Gasteiger partial charge in [0.05, 0.1) is 4.88 Å². The number of aromatic nitrogens is 1. The quantitative estimate of drug-likeness (QED) is 0.900. The fourth-order valence-electron chi connectivity index (χ4n) is 1.92. The van der Waals surface area contributed by atoms with E-state index < -0.39 is 11.9 Å². The topological polar surface area (TPSA) is 84.2 Å². The van der Waals surface area contributed by atoms with Crippen LogP contribution in [0.15, 0.2) is 21.9 Å². The van der Waals surface area contributed by atoms with Crippen LogP contribution < -0.4 is 10.6 Å². The molecule has 0 aliphatic rings. The van der Waals surface area contributed by atoms with E-state index in [-0.39, 0.29) is 17.1 Å². The number of hydrogen-bond donors (Lipinski definition) is 2. The molecule has 2 aromatic heterocycles. The first-order chi connectivity index (χ1) is 10.7. The van der Waals surface area contributed by atoms with Crippen LogP contribution in [-0.2, 0) is 4.79 Å². The first kappa shape index (κ1) is 17.2. The summed E-state index contributed by atoms with van der Waals surface area (Å²) in [7, 11) is 0. The van der Waals surface area contributed by atoms with Crippen LogP contribution in [0, 0.1) is 6.92 Å². The Balaban J connectivity index is 2.08. The monoisotopic (exact) mass is 335 g/mol. The van der Waals surface area contributed by atoms with Gasteiger partial charge in [-0.15, -0.1) is 11.3 Å². The molecule has 7 heteroatoms. The third-order valence-electron chi connectivity index (χ3n) is 2.98. The van der Waals surface area contributed by atoms with Crippen LogP contribution in [0.4, 0.5) is 0 Å². The van der Waals surface area contributed by atoms with Crippen molar-refractivity contribution in [1.29, 1.82) is 0 Å². The van der Waals surface area contributed by atoms with E-state index in [1.807, 2.05) is 38.3 Å². The normalized spacial score (nSPS) is 12.7. The summed E-state index contributed by atoms with van der Waals surface area (Å²) in [5, 5.41) is 7.38. The molecule has 0 spiro atoms. The molecule has 23 heavy (non-hydrogen) atoms. The summed E-state index contributed by atoms with van der Waals surface area (Å²) in [6.07, 6.45) is 0. The number of carbonyl (C=O) groups is 2. The maximum Gasteiger partial charge on any atom is 0.274 e. The van der Waals surface area contributed by atoms with Gasteiger partial charge in [-0.1, -0.05) is 6.07 Å². The molecule has 124 valence electrons. The number of amides is 2. The summed E-state index contributed by atoms with van der Waals surface area (Å²) < 4.78 is 5.54. The Kier molecular flexibility index (Phi) is 4.89. The van der Waals surface area contributed by atoms with E-state index in [9.17, 15) is 9.59 Å². The molecule has 2 amide bonds. The molecule has 0 aliphatic heterocycles. The van der Waals surface area contributed by atoms with Crippen LogP contribution in [0.5, 0.6) is 0 Å². The van der Waals surface area contributed by atoms with Gasteiger partial charge in [0.25, 0.3) is 5.91 Å². The van der Waals surface area contributed by atoms with Gasteiger partial charge in [0.1, 0.15) is 11.8 Å². The van der Waals surface area contributed by atoms with Crippen molar-refractivity contribution >= 4 is 23.2 Å². The summed E-state index contributed by atoms with van der Waals surface area (Å²) in [5.41, 5.74) is -0.157. The number of nitrogens with one attached hydrogen (secondary N) is 2. The Morgan fingerprint density at radius 3 is 2.61 bits per heavy atom. The van der Waals surface area contributed by atoms with Crippen molar-refractivity contribution in [3.8, 4) is 10.8 Å². The molecule has 0 fully saturated rings. The van der Waals surface area contributed by atoms with Crippen LogP contribution in [0.25, 0.3) is 10.8 Å². The maximum atomic E-state index is 12.3. The lowest BCUT2D eigenvalue weighted by molar-refractivity contribution is -0.124. The number of oxazole rings is 1. The lowest BCUT2D eigenvalue weighted by atomic mass is 10.1. The summed E-state index contributed by atoms with van der Waals surface area (Å²) >= 11 is 1.48. The molecule has 0 bridgehead atoms. The number of rotatable bonds is 4. The van der Waals surface area contributed by atoms with Gasteiger partial charge in [-0.05, 0) is 46.1 Å². The highest BCUT2D eigenvalue weighted by molar-refractivity contribution is 7.13. The van der Waals surface area contributed by atoms with Crippen molar-refractivity contribution < 1.29 is 14.0 Å². The second kappa shape index (κ2) is 6.54. The fraction of sp³-hybridized carbons (Fsp3) is 0.438. The van der Waals surface area contributed by atoms with Gasteiger partial charge in [0.15, 0.2) is 5.69 Å². The van der Waals surface area contributed by atoms with Crippen LogP contribution in [0.2, 0.25) is 0 Å². The van der Waals surface area contributed by atoms with E-state index in [4.69, 9.17) is 4.42 Å². The minimum absolute atomic E-state index is 0.198. The van der Waals surface area contributed by atoms with E-state index in [1.165, 1.54) is 11.3 Å². The van der Waals surface area contributed by atoms with Crippen LogP contribution in [0.1, 0.15) is 43.9 Å². The minimum Gasteiger partial charge on any atom is -0.440 e. The van der Waals surface area contributed by atoms with Gasteiger partial charge in [0.2, 0.25) is 11.8 Å². The van der Waals surface area contributed by atoms with Crippen LogP contribution >= 0.6 is 11.3 Å². The largest absolute Gasteiger partial charge is 0.440 e. The zero-order chi connectivity index (χ0) is 17.2. The first-order valence-electron chi connectivity index (χ1n) is 7.31. The van der Waals surface area contributed by atoms with E-state index in [1.54, 1.807) is 13.8 Å². The Morgan fingerprint density at radius 2 is 2.04 bits per heavy atom. The molecule has 1 atom stereocenters. The average Bonchev–Trinajstić information content (AvgIpc) is 3.05. The van der Waals surface area contributed by atoms with E-state index >= 15 is 0 Å². The highest BCUT2D eigenvalue weighted by Gasteiger charge is 2.24. The number of hydrogen-bond acceptors (Lipinski definition) is 5. The number of thiophene rings is 1. The van der Waals surface area contributed by atoms with Gasteiger partial charge < -0.3 is 15.1 Å². The van der Waals surface area contributed by atoms with Crippen LogP contribution in [0.3, 0.4) is 0 Å². The van der Waals surface area contributed by atoms with E-state index in [0.717, 1.165) is 4.88 Å². The molecule has 2 heterocycles. The third-order valence-corrected chi connectivity index (χ3v) is 3.84. The zero-order valence-electron chi connectivity index (χ0n) is 13.9. The molecular formula is C16H21N3O3S. The van der Waals surface area contributed by atoms with Gasteiger partial charge >= 0.3 is 0 Å². The highest BCUT2D eigenvalue weighted by atomic mass is 32.1. The van der Waals surface area contributed by atoms with Crippen molar-refractivity contribution in [2.75, 3.05) is 0 Å². The predicted octanol–water partition coefficient (Wildman–Crippen LogP) is 2.74. The average molecular weight is 335 g/mol.